The molecule has 1 heterocycles. The van der Waals surface area contributed by atoms with Gasteiger partial charge in [-0.25, -0.2) is 9.79 Å². The van der Waals surface area contributed by atoms with E-state index in [2.05, 4.69) is 10.3 Å². The van der Waals surface area contributed by atoms with Crippen molar-refractivity contribution in [1.29, 1.82) is 0 Å². The maximum absolute atomic E-state index is 13.0. The molecule has 7 nitrogen and oxygen atoms in total. The topological polar surface area (TPSA) is 101 Å². The Bertz CT molecular complexity index is 1330. The van der Waals surface area contributed by atoms with Gasteiger partial charge in [0.1, 0.15) is 16.9 Å². The Kier molecular flexibility index (Phi) is 5.49. The molecule has 3 aromatic carbocycles. The van der Waals surface area contributed by atoms with E-state index in [9.17, 15) is 9.59 Å². The number of carbonyl (C=O) groups excluding carboxylic acids is 1. The van der Waals surface area contributed by atoms with Crippen LogP contribution in [-0.4, -0.2) is 24.1 Å². The van der Waals surface area contributed by atoms with Crippen molar-refractivity contribution in [2.45, 2.75) is 0 Å². The molecule has 1 aromatic heterocycles. The number of methoxy groups -OCH3 is 1. The number of para-hydroxylation sites is 1. The van der Waals surface area contributed by atoms with E-state index in [0.29, 0.717) is 28.1 Å². The van der Waals surface area contributed by atoms with Gasteiger partial charge in [-0.2, -0.15) is 0 Å². The molecule has 0 saturated heterocycles. The number of hydrogen-bond acceptors (Lipinski definition) is 5. The number of amides is 1. The summed E-state index contributed by atoms with van der Waals surface area (Å²) in [6, 6.07) is 22.0. The number of carbonyl (C=O) groups is 2. The Labute approximate surface area is 177 Å². The zero-order valence-corrected chi connectivity index (χ0v) is 16.5. The highest BCUT2D eigenvalue weighted by molar-refractivity contribution is 6.05. The maximum Gasteiger partial charge on any atom is 0.335 e. The van der Waals surface area contributed by atoms with Crippen LogP contribution < -0.4 is 15.6 Å². The fourth-order valence-corrected chi connectivity index (χ4v) is 3.00. The summed E-state index contributed by atoms with van der Waals surface area (Å²) < 4.78 is 11.2. The van der Waals surface area contributed by atoms with Crippen LogP contribution in [0.15, 0.2) is 88.3 Å². The van der Waals surface area contributed by atoms with Crippen LogP contribution in [-0.2, 0) is 0 Å². The first-order valence-electron chi connectivity index (χ1n) is 9.40. The minimum atomic E-state index is -1.03. The van der Waals surface area contributed by atoms with Gasteiger partial charge in [-0.05, 0) is 60.7 Å². The van der Waals surface area contributed by atoms with E-state index in [4.69, 9.17) is 14.3 Å². The smallest absolute Gasteiger partial charge is 0.335 e. The molecule has 2 N–H and O–H groups in total. The predicted molar refractivity (Wildman–Crippen MR) is 116 cm³/mol. The van der Waals surface area contributed by atoms with Crippen LogP contribution in [0.1, 0.15) is 20.7 Å². The molecule has 154 valence electrons. The lowest BCUT2D eigenvalue weighted by Gasteiger charge is -2.08. The molecule has 0 aliphatic rings. The predicted octanol–water partition coefficient (Wildman–Crippen LogP) is 4.62. The molecule has 0 spiro atoms. The Hall–Kier alpha value is -4.39. The lowest BCUT2D eigenvalue weighted by Crippen LogP contribution is -2.21. The second-order valence-electron chi connectivity index (χ2n) is 6.65. The van der Waals surface area contributed by atoms with E-state index in [1.807, 2.05) is 18.2 Å². The molecule has 0 atom stereocenters. The van der Waals surface area contributed by atoms with Crippen molar-refractivity contribution in [2.24, 2.45) is 4.99 Å². The fourth-order valence-electron chi connectivity index (χ4n) is 3.00. The van der Waals surface area contributed by atoms with Crippen LogP contribution in [0.5, 0.6) is 5.75 Å². The molecule has 0 radical (unpaired) electrons. The second-order valence-corrected chi connectivity index (χ2v) is 6.65. The minimum Gasteiger partial charge on any atom is -0.497 e. The molecular formula is C24H18N2O5. The molecule has 0 saturated carbocycles. The van der Waals surface area contributed by atoms with Crippen molar-refractivity contribution in [1.82, 2.24) is 0 Å². The molecule has 0 fully saturated rings. The largest absolute Gasteiger partial charge is 0.497 e. The number of benzene rings is 3. The minimum absolute atomic E-state index is 0.106. The van der Waals surface area contributed by atoms with Crippen LogP contribution >= 0.6 is 0 Å². The van der Waals surface area contributed by atoms with Crippen LogP contribution in [0.4, 0.5) is 11.4 Å². The summed E-state index contributed by atoms with van der Waals surface area (Å²) >= 11 is 0. The summed E-state index contributed by atoms with van der Waals surface area (Å²) in [5.74, 6) is -0.787. The number of hydrogen-bond donors (Lipinski definition) is 2. The quantitative estimate of drug-likeness (QED) is 0.496. The number of nitrogens with zero attached hydrogens (tertiary/aromatic N) is 1. The van der Waals surface area contributed by atoms with E-state index < -0.39 is 5.97 Å². The summed E-state index contributed by atoms with van der Waals surface area (Å²) in [6.45, 7) is 0. The first-order chi connectivity index (χ1) is 15.0. The van der Waals surface area contributed by atoms with Gasteiger partial charge in [-0.3, -0.25) is 4.79 Å². The second kappa shape index (κ2) is 8.54. The Morgan fingerprint density at radius 2 is 1.71 bits per heavy atom. The van der Waals surface area contributed by atoms with Crippen molar-refractivity contribution in [3.05, 3.63) is 95.5 Å². The van der Waals surface area contributed by atoms with Gasteiger partial charge < -0.3 is 19.6 Å². The molecule has 0 bridgehead atoms. The van der Waals surface area contributed by atoms with Crippen LogP contribution in [0, 0.1) is 0 Å². The first-order valence-corrected chi connectivity index (χ1v) is 9.40. The molecule has 0 aliphatic heterocycles. The number of fused-ring (bicyclic) bond motifs is 1. The number of carboxylic acids is 1. The van der Waals surface area contributed by atoms with Crippen molar-refractivity contribution >= 4 is 34.2 Å². The van der Waals surface area contributed by atoms with Gasteiger partial charge in [-0.15, -0.1) is 0 Å². The summed E-state index contributed by atoms with van der Waals surface area (Å²) in [7, 11) is 1.56. The van der Waals surface area contributed by atoms with Gasteiger partial charge in [0, 0.05) is 11.1 Å². The number of carboxylic acid groups (broad SMARTS) is 1. The summed E-state index contributed by atoms with van der Waals surface area (Å²) in [5.41, 5.74) is 2.09. The lowest BCUT2D eigenvalue weighted by atomic mass is 10.1. The van der Waals surface area contributed by atoms with Gasteiger partial charge in [0.25, 0.3) is 5.91 Å². The molecule has 7 heteroatoms. The number of nitrogens with one attached hydrogen (secondary N) is 1. The van der Waals surface area contributed by atoms with E-state index in [1.165, 1.54) is 12.1 Å². The fraction of sp³-hybridized carbons (Fsp3) is 0.0417. The van der Waals surface area contributed by atoms with Crippen molar-refractivity contribution in [3.63, 3.8) is 0 Å². The Morgan fingerprint density at radius 3 is 2.39 bits per heavy atom. The van der Waals surface area contributed by atoms with E-state index in [1.54, 1.807) is 55.6 Å². The molecule has 4 aromatic rings. The van der Waals surface area contributed by atoms with Gasteiger partial charge in [0.15, 0.2) is 0 Å². The van der Waals surface area contributed by atoms with Crippen molar-refractivity contribution < 1.29 is 23.8 Å². The Balaban J connectivity index is 1.84. The van der Waals surface area contributed by atoms with Crippen molar-refractivity contribution in [3.8, 4) is 5.75 Å². The number of aromatic carboxylic acids is 1. The summed E-state index contributed by atoms with van der Waals surface area (Å²) in [5, 5.41) is 12.6. The third kappa shape index (κ3) is 4.45. The first kappa shape index (κ1) is 19.9. The van der Waals surface area contributed by atoms with Crippen LogP contribution in [0.25, 0.3) is 11.0 Å². The van der Waals surface area contributed by atoms with E-state index in [-0.39, 0.29) is 22.6 Å². The van der Waals surface area contributed by atoms with Gasteiger partial charge in [-0.1, -0.05) is 18.2 Å². The lowest BCUT2D eigenvalue weighted by molar-refractivity contribution is 0.0696. The number of anilines is 1. The third-order valence-corrected chi connectivity index (χ3v) is 4.58. The molecular weight excluding hydrogens is 396 g/mol. The highest BCUT2D eigenvalue weighted by Crippen LogP contribution is 2.21. The normalized spacial score (nSPS) is 11.3. The maximum atomic E-state index is 13.0. The van der Waals surface area contributed by atoms with Gasteiger partial charge >= 0.3 is 5.97 Å². The van der Waals surface area contributed by atoms with Crippen LogP contribution in [0.3, 0.4) is 0 Å². The Morgan fingerprint density at radius 1 is 0.968 bits per heavy atom. The van der Waals surface area contributed by atoms with E-state index in [0.717, 1.165) is 0 Å². The third-order valence-electron chi connectivity index (χ3n) is 4.58. The molecule has 1 amide bonds. The SMILES string of the molecule is COc1ccc2oc(=Nc3ccc(C(=O)O)cc3)c(C(=O)Nc3ccccc3)cc2c1. The number of ether oxygens (including phenoxy) is 1. The monoisotopic (exact) mass is 414 g/mol. The van der Waals surface area contributed by atoms with Gasteiger partial charge in [0.05, 0.1) is 18.4 Å². The zero-order valence-electron chi connectivity index (χ0n) is 16.5. The summed E-state index contributed by atoms with van der Waals surface area (Å²) in [6.07, 6.45) is 0. The molecule has 0 aliphatic carbocycles. The summed E-state index contributed by atoms with van der Waals surface area (Å²) in [4.78, 5) is 28.5. The van der Waals surface area contributed by atoms with E-state index >= 15 is 0 Å². The zero-order chi connectivity index (χ0) is 21.8. The van der Waals surface area contributed by atoms with Gasteiger partial charge in [0.2, 0.25) is 5.55 Å². The average molecular weight is 414 g/mol. The molecule has 0 unspecified atom stereocenters. The standard InChI is InChI=1S/C24H18N2O5/c1-30-19-11-12-21-16(13-19)14-20(22(27)25-17-5-3-2-4-6-17)23(31-21)26-18-9-7-15(8-10-18)24(28)29/h2-14H,1H3,(H,25,27)(H,28,29). The number of rotatable bonds is 5. The average Bonchev–Trinajstić information content (AvgIpc) is 2.79. The van der Waals surface area contributed by atoms with Crippen molar-refractivity contribution in [2.75, 3.05) is 12.4 Å². The molecule has 4 rings (SSSR count). The highest BCUT2D eigenvalue weighted by Gasteiger charge is 2.14. The molecule has 31 heavy (non-hydrogen) atoms. The van der Waals surface area contributed by atoms with Crippen LogP contribution in [0.2, 0.25) is 0 Å². The highest BCUT2D eigenvalue weighted by atomic mass is 16.5.